The van der Waals surface area contributed by atoms with E-state index in [4.69, 9.17) is 28.9 Å². The molecule has 1 amide bonds. The van der Waals surface area contributed by atoms with Gasteiger partial charge in [-0.15, -0.1) is 0 Å². The fraction of sp³-hybridized carbons (Fsp3) is 0.154. The monoisotopic (exact) mass is 342 g/mol. The highest BCUT2D eigenvalue weighted by Gasteiger charge is 2.08. The van der Waals surface area contributed by atoms with Crippen molar-refractivity contribution in [3.63, 3.8) is 0 Å². The van der Waals surface area contributed by atoms with Crippen molar-refractivity contribution in [1.29, 1.82) is 0 Å². The lowest BCUT2D eigenvalue weighted by atomic mass is 10.3. The molecule has 0 saturated heterocycles. The first kappa shape index (κ1) is 15.9. The van der Waals surface area contributed by atoms with E-state index in [1.54, 1.807) is 24.3 Å². The molecule has 8 heteroatoms. The number of nitrogens with zero attached hydrogens (tertiary/aromatic N) is 2. The highest BCUT2D eigenvalue weighted by Crippen LogP contribution is 2.25. The maximum atomic E-state index is 11.9. The van der Waals surface area contributed by atoms with Crippen molar-refractivity contribution >= 4 is 52.4 Å². The molecule has 3 N–H and O–H groups in total. The Kier molecular flexibility index (Phi) is 5.27. The number of halogens is 2. The molecule has 0 fully saturated rings. The SMILES string of the molecule is Cc1cc(N)nc(SCC(=O)Nc2ccc(Cl)c(Cl)c2)n1. The van der Waals surface area contributed by atoms with Crippen LogP contribution < -0.4 is 11.1 Å². The number of nitrogen functional groups attached to an aromatic ring is 1. The summed E-state index contributed by atoms with van der Waals surface area (Å²) in [4.78, 5) is 20.1. The molecule has 0 aliphatic heterocycles. The summed E-state index contributed by atoms with van der Waals surface area (Å²) in [5.74, 6) is 0.361. The Morgan fingerprint density at radius 3 is 2.71 bits per heavy atom. The molecular weight excluding hydrogens is 331 g/mol. The van der Waals surface area contributed by atoms with Gasteiger partial charge in [0.2, 0.25) is 5.91 Å². The third-order valence-electron chi connectivity index (χ3n) is 2.39. The molecule has 21 heavy (non-hydrogen) atoms. The van der Waals surface area contributed by atoms with E-state index in [1.807, 2.05) is 6.92 Å². The van der Waals surface area contributed by atoms with E-state index in [1.165, 1.54) is 11.8 Å². The molecule has 2 rings (SSSR count). The number of amides is 1. The largest absolute Gasteiger partial charge is 0.384 e. The highest BCUT2D eigenvalue weighted by atomic mass is 35.5. The number of thioether (sulfide) groups is 1. The zero-order valence-corrected chi connectivity index (χ0v) is 13.4. The summed E-state index contributed by atoms with van der Waals surface area (Å²) in [5.41, 5.74) is 6.97. The van der Waals surface area contributed by atoms with Crippen LogP contribution in [0.2, 0.25) is 10.0 Å². The second-order valence-electron chi connectivity index (χ2n) is 4.18. The summed E-state index contributed by atoms with van der Waals surface area (Å²) in [7, 11) is 0. The van der Waals surface area contributed by atoms with E-state index in [0.717, 1.165) is 5.69 Å². The van der Waals surface area contributed by atoms with Gasteiger partial charge in [-0.3, -0.25) is 4.79 Å². The Morgan fingerprint density at radius 2 is 2.05 bits per heavy atom. The van der Waals surface area contributed by atoms with Gasteiger partial charge in [0, 0.05) is 17.4 Å². The van der Waals surface area contributed by atoms with Crippen LogP contribution >= 0.6 is 35.0 Å². The van der Waals surface area contributed by atoms with Gasteiger partial charge in [-0.2, -0.15) is 0 Å². The number of benzene rings is 1. The quantitative estimate of drug-likeness (QED) is 0.657. The third kappa shape index (κ3) is 4.77. The number of anilines is 2. The van der Waals surface area contributed by atoms with Crippen molar-refractivity contribution in [3.8, 4) is 0 Å². The van der Waals surface area contributed by atoms with Crippen molar-refractivity contribution in [2.75, 3.05) is 16.8 Å². The molecule has 1 aromatic carbocycles. The predicted octanol–water partition coefficient (Wildman–Crippen LogP) is 3.40. The normalized spacial score (nSPS) is 10.4. The van der Waals surface area contributed by atoms with E-state index in [-0.39, 0.29) is 11.7 Å². The second-order valence-corrected chi connectivity index (χ2v) is 5.94. The zero-order chi connectivity index (χ0) is 15.4. The summed E-state index contributed by atoms with van der Waals surface area (Å²) in [6.07, 6.45) is 0. The summed E-state index contributed by atoms with van der Waals surface area (Å²) in [6, 6.07) is 6.56. The van der Waals surface area contributed by atoms with Crippen molar-refractivity contribution in [2.45, 2.75) is 12.1 Å². The number of hydrogen-bond acceptors (Lipinski definition) is 5. The number of nitrogens with two attached hydrogens (primary N) is 1. The molecule has 0 bridgehead atoms. The first-order valence-corrected chi connectivity index (χ1v) is 7.67. The molecule has 1 heterocycles. The fourth-order valence-corrected chi connectivity index (χ4v) is 2.54. The maximum absolute atomic E-state index is 11.9. The number of aryl methyl sites for hydroxylation is 1. The minimum Gasteiger partial charge on any atom is -0.384 e. The number of hydrogen-bond donors (Lipinski definition) is 2. The van der Waals surface area contributed by atoms with Gasteiger partial charge in [0.05, 0.1) is 15.8 Å². The minimum atomic E-state index is -0.193. The van der Waals surface area contributed by atoms with E-state index >= 15 is 0 Å². The standard InChI is InChI=1S/C13H12Cl2N4OS/c1-7-4-11(16)19-13(17-7)21-6-12(20)18-8-2-3-9(14)10(15)5-8/h2-5H,6H2,1H3,(H,18,20)(H2,16,17,19). The predicted molar refractivity (Wildman–Crippen MR) is 87.0 cm³/mol. The lowest BCUT2D eigenvalue weighted by Crippen LogP contribution is -2.14. The van der Waals surface area contributed by atoms with Crippen molar-refractivity contribution in [3.05, 3.63) is 40.0 Å². The minimum absolute atomic E-state index is 0.170. The Labute approximate surface area is 136 Å². The van der Waals surface area contributed by atoms with Gasteiger partial charge in [-0.05, 0) is 25.1 Å². The Hall–Kier alpha value is -1.50. The van der Waals surface area contributed by atoms with Gasteiger partial charge in [-0.25, -0.2) is 9.97 Å². The van der Waals surface area contributed by atoms with Crippen LogP contribution in [0.4, 0.5) is 11.5 Å². The van der Waals surface area contributed by atoms with E-state index in [2.05, 4.69) is 15.3 Å². The Morgan fingerprint density at radius 1 is 1.29 bits per heavy atom. The van der Waals surface area contributed by atoms with Gasteiger partial charge in [0.15, 0.2) is 5.16 Å². The van der Waals surface area contributed by atoms with Crippen molar-refractivity contribution in [2.24, 2.45) is 0 Å². The molecule has 1 aromatic heterocycles. The average molecular weight is 343 g/mol. The highest BCUT2D eigenvalue weighted by molar-refractivity contribution is 7.99. The van der Waals surface area contributed by atoms with Crippen LogP contribution in [0, 0.1) is 6.92 Å². The van der Waals surface area contributed by atoms with Crippen LogP contribution in [0.1, 0.15) is 5.69 Å². The molecule has 0 aliphatic rings. The van der Waals surface area contributed by atoms with Crippen LogP contribution in [0.3, 0.4) is 0 Å². The topological polar surface area (TPSA) is 80.9 Å². The fourth-order valence-electron chi connectivity index (χ4n) is 1.53. The molecule has 0 atom stereocenters. The first-order chi connectivity index (χ1) is 9.94. The molecule has 0 unspecified atom stereocenters. The zero-order valence-electron chi connectivity index (χ0n) is 11.1. The molecule has 0 aliphatic carbocycles. The smallest absolute Gasteiger partial charge is 0.234 e. The van der Waals surface area contributed by atoms with Gasteiger partial charge in [-0.1, -0.05) is 35.0 Å². The molecule has 5 nitrogen and oxygen atoms in total. The van der Waals surface area contributed by atoms with E-state index < -0.39 is 0 Å². The van der Waals surface area contributed by atoms with Crippen molar-refractivity contribution < 1.29 is 4.79 Å². The summed E-state index contributed by atoms with van der Waals surface area (Å²) >= 11 is 12.9. The van der Waals surface area contributed by atoms with Gasteiger partial charge in [0.25, 0.3) is 0 Å². The molecule has 0 spiro atoms. The number of aromatic nitrogens is 2. The van der Waals surface area contributed by atoms with Crippen LogP contribution in [-0.4, -0.2) is 21.6 Å². The summed E-state index contributed by atoms with van der Waals surface area (Å²) in [6.45, 7) is 1.82. The first-order valence-electron chi connectivity index (χ1n) is 5.93. The van der Waals surface area contributed by atoms with Crippen LogP contribution in [0.15, 0.2) is 29.4 Å². The molecule has 0 radical (unpaired) electrons. The second kappa shape index (κ2) is 6.98. The number of rotatable bonds is 4. The van der Waals surface area contributed by atoms with Gasteiger partial charge < -0.3 is 11.1 Å². The van der Waals surface area contributed by atoms with Crippen LogP contribution in [-0.2, 0) is 4.79 Å². The van der Waals surface area contributed by atoms with Crippen LogP contribution in [0.25, 0.3) is 0 Å². The van der Waals surface area contributed by atoms with E-state index in [0.29, 0.717) is 26.7 Å². The third-order valence-corrected chi connectivity index (χ3v) is 3.98. The lowest BCUT2D eigenvalue weighted by molar-refractivity contribution is -0.113. The van der Waals surface area contributed by atoms with Gasteiger partial charge >= 0.3 is 0 Å². The summed E-state index contributed by atoms with van der Waals surface area (Å²) < 4.78 is 0. The molecule has 0 saturated carbocycles. The number of carbonyl (C=O) groups excluding carboxylic acids is 1. The van der Waals surface area contributed by atoms with Crippen molar-refractivity contribution in [1.82, 2.24) is 9.97 Å². The molecule has 2 aromatic rings. The lowest BCUT2D eigenvalue weighted by Gasteiger charge is -2.06. The Bertz CT molecular complexity index is 661. The number of carbonyl (C=O) groups is 1. The van der Waals surface area contributed by atoms with Gasteiger partial charge in [0.1, 0.15) is 5.82 Å². The average Bonchev–Trinajstić information content (AvgIpc) is 2.40. The number of nitrogens with one attached hydrogen (secondary N) is 1. The maximum Gasteiger partial charge on any atom is 0.234 e. The van der Waals surface area contributed by atoms with E-state index in [9.17, 15) is 4.79 Å². The molecular formula is C13H12Cl2N4OS. The van der Waals surface area contributed by atoms with Crippen LogP contribution in [0.5, 0.6) is 0 Å². The molecule has 110 valence electrons. The Balaban J connectivity index is 1.94. The summed E-state index contributed by atoms with van der Waals surface area (Å²) in [5, 5.41) is 4.01.